The molecule has 148 valence electrons. The molecule has 1 aliphatic carbocycles. The van der Waals surface area contributed by atoms with Gasteiger partial charge in [0.2, 0.25) is 11.7 Å². The highest BCUT2D eigenvalue weighted by atomic mass is 16.5. The smallest absolute Gasteiger partial charge is 0.276 e. The molecule has 1 saturated heterocycles. The third-order valence-electron chi connectivity index (χ3n) is 5.71. The molecule has 0 unspecified atom stereocenters. The molecule has 2 atom stereocenters. The number of benzene rings is 1. The van der Waals surface area contributed by atoms with Gasteiger partial charge in [-0.3, -0.25) is 9.59 Å². The minimum absolute atomic E-state index is 0.0750. The van der Waals surface area contributed by atoms with Gasteiger partial charge in [-0.15, -0.1) is 0 Å². The monoisotopic (exact) mass is 391 g/mol. The van der Waals surface area contributed by atoms with Gasteiger partial charge in [0.15, 0.2) is 11.5 Å². The number of carbonyl (C=O) groups excluding carboxylic acids is 2. The molecule has 2 aromatic heterocycles. The molecule has 2 fully saturated rings. The molecule has 3 aromatic rings. The van der Waals surface area contributed by atoms with E-state index in [2.05, 4.69) is 17.3 Å². The summed E-state index contributed by atoms with van der Waals surface area (Å²) in [5.74, 6) is 1.38. The second kappa shape index (κ2) is 7.24. The number of carbonyl (C=O) groups is 2. The number of furan rings is 1. The Morgan fingerprint density at radius 1 is 0.931 bits per heavy atom. The predicted octanol–water partition coefficient (Wildman–Crippen LogP) is 3.02. The first-order valence-corrected chi connectivity index (χ1v) is 9.84. The van der Waals surface area contributed by atoms with Gasteiger partial charge in [0, 0.05) is 38.2 Å². The van der Waals surface area contributed by atoms with Crippen LogP contribution in [-0.4, -0.2) is 52.9 Å². The molecule has 7 nitrogen and oxygen atoms in total. The minimum Gasteiger partial charge on any atom is -0.461 e. The summed E-state index contributed by atoms with van der Waals surface area (Å²) >= 11 is 0. The lowest BCUT2D eigenvalue weighted by Gasteiger charge is -2.34. The summed E-state index contributed by atoms with van der Waals surface area (Å²) in [6.07, 6.45) is 2.45. The van der Waals surface area contributed by atoms with Crippen LogP contribution in [0.1, 0.15) is 28.4 Å². The lowest BCUT2D eigenvalue weighted by atomic mass is 10.1. The fourth-order valence-corrected chi connectivity index (χ4v) is 3.97. The molecular weight excluding hydrogens is 370 g/mol. The zero-order valence-electron chi connectivity index (χ0n) is 15.9. The van der Waals surface area contributed by atoms with E-state index in [1.165, 1.54) is 11.8 Å². The van der Waals surface area contributed by atoms with Gasteiger partial charge >= 0.3 is 0 Å². The van der Waals surface area contributed by atoms with Crippen molar-refractivity contribution in [2.75, 3.05) is 26.2 Å². The van der Waals surface area contributed by atoms with Crippen LogP contribution in [0.5, 0.6) is 0 Å². The maximum absolute atomic E-state index is 12.8. The normalized spacial score (nSPS) is 21.2. The molecule has 3 heterocycles. The molecule has 1 saturated carbocycles. The van der Waals surface area contributed by atoms with Crippen molar-refractivity contribution >= 4 is 11.8 Å². The van der Waals surface area contributed by atoms with Crippen LogP contribution in [-0.2, 0) is 4.79 Å². The summed E-state index contributed by atoms with van der Waals surface area (Å²) in [4.78, 5) is 29.1. The zero-order chi connectivity index (χ0) is 19.8. The topological polar surface area (TPSA) is 79.8 Å². The molecule has 0 bridgehead atoms. The van der Waals surface area contributed by atoms with E-state index in [0.717, 1.165) is 6.42 Å². The summed E-state index contributed by atoms with van der Waals surface area (Å²) < 4.78 is 10.5. The Bertz CT molecular complexity index is 1000. The molecule has 1 aromatic carbocycles. The largest absolute Gasteiger partial charge is 0.461 e. The van der Waals surface area contributed by atoms with E-state index >= 15 is 0 Å². The van der Waals surface area contributed by atoms with Gasteiger partial charge in [-0.2, -0.15) is 0 Å². The number of amides is 2. The quantitative estimate of drug-likeness (QED) is 0.683. The first-order chi connectivity index (χ1) is 14.2. The molecule has 2 amide bonds. The summed E-state index contributed by atoms with van der Waals surface area (Å²) in [5, 5.41) is 3.88. The first-order valence-electron chi connectivity index (χ1n) is 9.84. The van der Waals surface area contributed by atoms with E-state index in [4.69, 9.17) is 8.94 Å². The summed E-state index contributed by atoms with van der Waals surface area (Å²) in [6.45, 7) is 2.09. The average molecular weight is 391 g/mol. The number of aromatic nitrogens is 1. The summed E-state index contributed by atoms with van der Waals surface area (Å²) in [6, 6.07) is 15.3. The Hall–Kier alpha value is -3.35. The minimum atomic E-state index is -0.188. The number of nitrogens with zero attached hydrogens (tertiary/aromatic N) is 3. The van der Waals surface area contributed by atoms with Crippen LogP contribution >= 0.6 is 0 Å². The van der Waals surface area contributed by atoms with Gasteiger partial charge in [0.25, 0.3) is 5.91 Å². The molecule has 0 N–H and O–H groups in total. The highest BCUT2D eigenvalue weighted by Crippen LogP contribution is 2.48. The number of rotatable bonds is 4. The van der Waals surface area contributed by atoms with Crippen molar-refractivity contribution in [1.82, 2.24) is 15.0 Å². The highest BCUT2D eigenvalue weighted by molar-refractivity contribution is 5.93. The molecule has 29 heavy (non-hydrogen) atoms. The molecule has 7 heteroatoms. The molecule has 5 rings (SSSR count). The Balaban J connectivity index is 1.17. The molecule has 1 aliphatic heterocycles. The standard InChI is InChI=1S/C22H21N3O4/c26-21(17-13-16(17)15-5-2-1-3-6-15)24-8-10-25(11-9-24)22(27)18-14-20(29-23-18)19-7-4-12-28-19/h1-7,12,14,16-17H,8-11,13H2/t16-,17-/m0/s1. The summed E-state index contributed by atoms with van der Waals surface area (Å²) in [5.41, 5.74) is 1.49. The van der Waals surface area contributed by atoms with E-state index in [0.29, 0.717) is 43.6 Å². The third-order valence-corrected chi connectivity index (χ3v) is 5.71. The second-order valence-corrected chi connectivity index (χ2v) is 7.53. The van der Waals surface area contributed by atoms with Crippen molar-refractivity contribution in [2.24, 2.45) is 5.92 Å². The van der Waals surface area contributed by atoms with Crippen molar-refractivity contribution in [3.8, 4) is 11.5 Å². The molecule has 2 aliphatic rings. The first kappa shape index (κ1) is 17.7. The van der Waals surface area contributed by atoms with Crippen LogP contribution in [0.4, 0.5) is 0 Å². The number of piperazine rings is 1. The maximum atomic E-state index is 12.8. The van der Waals surface area contributed by atoms with E-state index in [1.807, 2.05) is 23.1 Å². The van der Waals surface area contributed by atoms with E-state index in [9.17, 15) is 9.59 Å². The van der Waals surface area contributed by atoms with Crippen LogP contribution in [0.15, 0.2) is 63.7 Å². The Morgan fingerprint density at radius 2 is 1.69 bits per heavy atom. The van der Waals surface area contributed by atoms with Gasteiger partial charge in [-0.25, -0.2) is 0 Å². The third kappa shape index (κ3) is 3.44. The fraction of sp³-hybridized carbons (Fsp3) is 0.318. The Morgan fingerprint density at radius 3 is 2.41 bits per heavy atom. The molecule has 0 spiro atoms. The highest BCUT2D eigenvalue weighted by Gasteiger charge is 2.46. The lowest BCUT2D eigenvalue weighted by Crippen LogP contribution is -2.51. The zero-order valence-corrected chi connectivity index (χ0v) is 15.9. The van der Waals surface area contributed by atoms with Crippen molar-refractivity contribution in [1.29, 1.82) is 0 Å². The number of hydrogen-bond donors (Lipinski definition) is 0. The fourth-order valence-electron chi connectivity index (χ4n) is 3.97. The van der Waals surface area contributed by atoms with Gasteiger partial charge in [0.1, 0.15) is 0 Å². The predicted molar refractivity (Wildman–Crippen MR) is 104 cm³/mol. The molecule has 0 radical (unpaired) electrons. The number of hydrogen-bond acceptors (Lipinski definition) is 5. The van der Waals surface area contributed by atoms with Crippen molar-refractivity contribution in [3.05, 3.63) is 66.1 Å². The molecular formula is C22H21N3O4. The van der Waals surface area contributed by atoms with Crippen molar-refractivity contribution in [2.45, 2.75) is 12.3 Å². The maximum Gasteiger partial charge on any atom is 0.276 e. The van der Waals surface area contributed by atoms with E-state index < -0.39 is 0 Å². The average Bonchev–Trinajstić information content (AvgIpc) is 3.15. The van der Waals surface area contributed by atoms with Crippen molar-refractivity contribution < 1.29 is 18.5 Å². The lowest BCUT2D eigenvalue weighted by molar-refractivity contribution is -0.134. The van der Waals surface area contributed by atoms with Gasteiger partial charge in [0.05, 0.1) is 6.26 Å². The van der Waals surface area contributed by atoms with Crippen LogP contribution in [0.2, 0.25) is 0 Å². The second-order valence-electron chi connectivity index (χ2n) is 7.53. The Labute approximate surface area is 167 Å². The van der Waals surface area contributed by atoms with Crippen LogP contribution in [0.25, 0.3) is 11.5 Å². The SMILES string of the molecule is O=C(c1cc(-c2ccco2)on1)N1CCN(C(=O)[C@H]2C[C@H]2c2ccccc2)CC1. The van der Waals surface area contributed by atoms with Gasteiger partial charge in [-0.1, -0.05) is 35.5 Å². The van der Waals surface area contributed by atoms with Gasteiger partial charge in [-0.05, 0) is 30.0 Å². The summed E-state index contributed by atoms with van der Waals surface area (Å²) in [7, 11) is 0. The Kier molecular flexibility index (Phi) is 4.42. The van der Waals surface area contributed by atoms with Crippen LogP contribution < -0.4 is 0 Å². The van der Waals surface area contributed by atoms with Gasteiger partial charge < -0.3 is 18.7 Å². The van der Waals surface area contributed by atoms with E-state index in [-0.39, 0.29) is 23.4 Å². The van der Waals surface area contributed by atoms with Crippen LogP contribution in [0.3, 0.4) is 0 Å². The van der Waals surface area contributed by atoms with E-state index in [1.54, 1.807) is 23.1 Å². The van der Waals surface area contributed by atoms with Crippen LogP contribution in [0, 0.1) is 5.92 Å². The van der Waals surface area contributed by atoms with Crippen molar-refractivity contribution in [3.63, 3.8) is 0 Å².